The van der Waals surface area contributed by atoms with E-state index in [-0.39, 0.29) is 5.92 Å². The lowest BCUT2D eigenvalue weighted by Gasteiger charge is -2.28. The molecule has 1 aliphatic carbocycles. The van der Waals surface area contributed by atoms with Crippen LogP contribution in [-0.4, -0.2) is 27.2 Å². The van der Waals surface area contributed by atoms with Crippen molar-refractivity contribution in [2.24, 2.45) is 0 Å². The predicted octanol–water partition coefficient (Wildman–Crippen LogP) is 1.98. The molecule has 0 bridgehead atoms. The summed E-state index contributed by atoms with van der Waals surface area (Å²) in [5, 5.41) is 10.6. The van der Waals surface area contributed by atoms with Gasteiger partial charge < -0.3 is 5.11 Å². The van der Waals surface area contributed by atoms with Gasteiger partial charge in [0, 0.05) is 23.6 Å². The standard InChI is InChI=1S/C12H15NOS/c14-12(5-7-15-8-12)10-4-3-9-2-1-6-13-11(9)10/h1-2,6,10,14H,3-5,7-8H2. The Morgan fingerprint density at radius 1 is 1.53 bits per heavy atom. The van der Waals surface area contributed by atoms with Gasteiger partial charge in [0.05, 0.1) is 5.60 Å². The number of hydrogen-bond acceptors (Lipinski definition) is 3. The van der Waals surface area contributed by atoms with Gasteiger partial charge in [0.2, 0.25) is 0 Å². The fraction of sp³-hybridized carbons (Fsp3) is 0.583. The van der Waals surface area contributed by atoms with Gasteiger partial charge in [0.1, 0.15) is 0 Å². The van der Waals surface area contributed by atoms with Crippen LogP contribution in [0.4, 0.5) is 0 Å². The van der Waals surface area contributed by atoms with Crippen LogP contribution in [0.25, 0.3) is 0 Å². The van der Waals surface area contributed by atoms with E-state index in [2.05, 4.69) is 11.1 Å². The molecule has 80 valence electrons. The van der Waals surface area contributed by atoms with E-state index in [1.807, 2.05) is 24.0 Å². The molecule has 1 aromatic rings. The van der Waals surface area contributed by atoms with E-state index in [4.69, 9.17) is 0 Å². The molecule has 0 radical (unpaired) electrons. The minimum atomic E-state index is -0.482. The largest absolute Gasteiger partial charge is 0.388 e. The Balaban J connectivity index is 1.96. The SMILES string of the molecule is OC1(C2CCc3cccnc32)CCSC1. The molecule has 2 aliphatic rings. The summed E-state index contributed by atoms with van der Waals surface area (Å²) in [6, 6.07) is 4.14. The summed E-state index contributed by atoms with van der Waals surface area (Å²) in [4.78, 5) is 4.46. The molecular weight excluding hydrogens is 206 g/mol. The van der Waals surface area contributed by atoms with Crippen LogP contribution in [0, 0.1) is 0 Å². The van der Waals surface area contributed by atoms with E-state index in [9.17, 15) is 5.11 Å². The number of nitrogens with zero attached hydrogens (tertiary/aromatic N) is 1. The molecule has 2 nitrogen and oxygen atoms in total. The normalized spacial score (nSPS) is 34.3. The molecule has 15 heavy (non-hydrogen) atoms. The van der Waals surface area contributed by atoms with Crippen molar-refractivity contribution in [2.75, 3.05) is 11.5 Å². The number of rotatable bonds is 1. The lowest BCUT2D eigenvalue weighted by molar-refractivity contribution is 0.0374. The van der Waals surface area contributed by atoms with E-state index < -0.39 is 5.60 Å². The molecule has 0 saturated carbocycles. The molecule has 1 N–H and O–H groups in total. The summed E-state index contributed by atoms with van der Waals surface area (Å²) in [6.07, 6.45) is 4.94. The van der Waals surface area contributed by atoms with Gasteiger partial charge >= 0.3 is 0 Å². The third kappa shape index (κ3) is 1.49. The summed E-state index contributed by atoms with van der Waals surface area (Å²) in [5.41, 5.74) is 2.01. The predicted molar refractivity (Wildman–Crippen MR) is 62.2 cm³/mol. The molecule has 1 aromatic heterocycles. The summed E-state index contributed by atoms with van der Waals surface area (Å²) >= 11 is 1.86. The molecule has 0 amide bonds. The average molecular weight is 221 g/mol. The van der Waals surface area contributed by atoms with Crippen LogP contribution in [0.5, 0.6) is 0 Å². The van der Waals surface area contributed by atoms with Crippen LogP contribution in [0.3, 0.4) is 0 Å². The molecule has 1 aliphatic heterocycles. The molecule has 1 fully saturated rings. The van der Waals surface area contributed by atoms with Crippen molar-refractivity contribution in [3.63, 3.8) is 0 Å². The first-order valence-electron chi connectivity index (χ1n) is 5.53. The molecule has 0 aromatic carbocycles. The second-order valence-corrected chi connectivity index (χ2v) is 5.65. The van der Waals surface area contributed by atoms with Gasteiger partial charge in [-0.25, -0.2) is 0 Å². The third-order valence-corrected chi connectivity index (χ3v) is 4.84. The number of hydrogen-bond donors (Lipinski definition) is 1. The van der Waals surface area contributed by atoms with Crippen LogP contribution in [0.2, 0.25) is 0 Å². The molecule has 3 heteroatoms. The van der Waals surface area contributed by atoms with Crippen molar-refractivity contribution in [3.8, 4) is 0 Å². The van der Waals surface area contributed by atoms with Crippen LogP contribution in [0.15, 0.2) is 18.3 Å². The molecule has 3 rings (SSSR count). The maximum atomic E-state index is 10.6. The van der Waals surface area contributed by atoms with Gasteiger partial charge in [-0.2, -0.15) is 11.8 Å². The number of pyridine rings is 1. The quantitative estimate of drug-likeness (QED) is 0.787. The van der Waals surface area contributed by atoms with Crippen molar-refractivity contribution in [1.29, 1.82) is 0 Å². The topological polar surface area (TPSA) is 33.1 Å². The fourth-order valence-corrected chi connectivity index (χ4v) is 4.12. The van der Waals surface area contributed by atoms with Gasteiger partial charge in [0.15, 0.2) is 0 Å². The second-order valence-electron chi connectivity index (χ2n) is 4.55. The lowest BCUT2D eigenvalue weighted by atomic mass is 9.85. The van der Waals surface area contributed by atoms with Crippen molar-refractivity contribution in [2.45, 2.75) is 30.8 Å². The summed E-state index contributed by atoms with van der Waals surface area (Å²) < 4.78 is 0. The Kier molecular flexibility index (Phi) is 2.25. The van der Waals surface area contributed by atoms with E-state index in [0.29, 0.717) is 0 Å². The first kappa shape index (κ1) is 9.67. The monoisotopic (exact) mass is 221 g/mol. The summed E-state index contributed by atoms with van der Waals surface area (Å²) in [6.45, 7) is 0. The van der Waals surface area contributed by atoms with E-state index in [0.717, 1.165) is 36.5 Å². The number of aliphatic hydroxyl groups is 1. The fourth-order valence-electron chi connectivity index (χ4n) is 2.78. The van der Waals surface area contributed by atoms with Crippen LogP contribution < -0.4 is 0 Å². The summed E-state index contributed by atoms with van der Waals surface area (Å²) in [7, 11) is 0. The highest BCUT2D eigenvalue weighted by Crippen LogP contribution is 2.45. The summed E-state index contributed by atoms with van der Waals surface area (Å²) in [5.74, 6) is 2.26. The van der Waals surface area contributed by atoms with Crippen molar-refractivity contribution in [1.82, 2.24) is 4.98 Å². The number of aryl methyl sites for hydroxylation is 1. The molecule has 1 saturated heterocycles. The van der Waals surface area contributed by atoms with Gasteiger partial charge in [-0.15, -0.1) is 0 Å². The van der Waals surface area contributed by atoms with Crippen LogP contribution in [0.1, 0.15) is 30.0 Å². The minimum absolute atomic E-state index is 0.281. The minimum Gasteiger partial charge on any atom is -0.388 e. The molecule has 2 atom stereocenters. The Morgan fingerprint density at radius 2 is 2.47 bits per heavy atom. The van der Waals surface area contributed by atoms with Crippen LogP contribution in [-0.2, 0) is 6.42 Å². The Bertz CT molecular complexity index is 374. The molecule has 2 unspecified atom stereocenters. The van der Waals surface area contributed by atoms with Gasteiger partial charge in [-0.1, -0.05) is 6.07 Å². The first-order valence-corrected chi connectivity index (χ1v) is 6.69. The highest BCUT2D eigenvalue weighted by Gasteiger charge is 2.44. The van der Waals surface area contributed by atoms with E-state index in [1.165, 1.54) is 5.56 Å². The number of fused-ring (bicyclic) bond motifs is 1. The van der Waals surface area contributed by atoms with Gasteiger partial charge in [0.25, 0.3) is 0 Å². The van der Waals surface area contributed by atoms with E-state index >= 15 is 0 Å². The van der Waals surface area contributed by atoms with Gasteiger partial charge in [-0.3, -0.25) is 4.98 Å². The molecular formula is C12H15NOS. The van der Waals surface area contributed by atoms with Gasteiger partial charge in [-0.05, 0) is 36.6 Å². The third-order valence-electron chi connectivity index (χ3n) is 3.64. The van der Waals surface area contributed by atoms with E-state index in [1.54, 1.807) is 0 Å². The maximum Gasteiger partial charge on any atom is 0.0829 e. The zero-order valence-electron chi connectivity index (χ0n) is 8.65. The van der Waals surface area contributed by atoms with Crippen LogP contribution >= 0.6 is 11.8 Å². The highest BCUT2D eigenvalue weighted by molar-refractivity contribution is 7.99. The van der Waals surface area contributed by atoms with Crippen molar-refractivity contribution in [3.05, 3.63) is 29.6 Å². The van der Waals surface area contributed by atoms with Crippen molar-refractivity contribution < 1.29 is 5.11 Å². The average Bonchev–Trinajstić information content (AvgIpc) is 2.84. The Labute approximate surface area is 94.1 Å². The zero-order valence-corrected chi connectivity index (χ0v) is 9.46. The highest BCUT2D eigenvalue weighted by atomic mass is 32.2. The first-order chi connectivity index (χ1) is 7.30. The Morgan fingerprint density at radius 3 is 3.27 bits per heavy atom. The maximum absolute atomic E-state index is 10.6. The smallest absolute Gasteiger partial charge is 0.0829 e. The Hall–Kier alpha value is -0.540. The van der Waals surface area contributed by atoms with Crippen molar-refractivity contribution >= 4 is 11.8 Å². The number of aromatic nitrogens is 1. The molecule has 0 spiro atoms. The molecule has 2 heterocycles. The second kappa shape index (κ2) is 3.49. The number of thioether (sulfide) groups is 1. The zero-order chi connectivity index (χ0) is 10.3. The lowest BCUT2D eigenvalue weighted by Crippen LogP contribution is -2.35.